The molecule has 1 aromatic carbocycles. The van der Waals surface area contributed by atoms with Crippen LogP contribution in [-0.2, 0) is 9.84 Å². The Bertz CT molecular complexity index is 428. The van der Waals surface area contributed by atoms with Crippen molar-refractivity contribution in [1.29, 1.82) is 0 Å². The van der Waals surface area contributed by atoms with E-state index < -0.39 is 9.84 Å². The Morgan fingerprint density at radius 3 is 2.38 bits per heavy atom. The van der Waals surface area contributed by atoms with Crippen LogP contribution in [0.4, 0.5) is 4.39 Å². The summed E-state index contributed by atoms with van der Waals surface area (Å²) in [6, 6.07) is 6.18. The Hall–Kier alpha value is -0.940. The van der Waals surface area contributed by atoms with Gasteiger partial charge in [0, 0.05) is 18.8 Å². The van der Waals surface area contributed by atoms with Crippen LogP contribution in [0.25, 0.3) is 0 Å². The third-order valence-corrected chi connectivity index (χ3v) is 3.24. The highest BCUT2D eigenvalue weighted by Crippen LogP contribution is 2.12. The van der Waals surface area contributed by atoms with Crippen molar-refractivity contribution >= 4 is 9.84 Å². The van der Waals surface area contributed by atoms with Crippen LogP contribution in [0.3, 0.4) is 0 Å². The van der Waals surface area contributed by atoms with E-state index in [1.54, 1.807) is 12.1 Å². The molecule has 0 fully saturated rings. The van der Waals surface area contributed by atoms with Gasteiger partial charge in [0.2, 0.25) is 0 Å². The first-order valence-corrected chi connectivity index (χ1v) is 7.11. The maximum atomic E-state index is 12.7. The predicted molar refractivity (Wildman–Crippen MR) is 62.5 cm³/mol. The largest absolute Gasteiger partial charge is 0.309 e. The van der Waals surface area contributed by atoms with Crippen LogP contribution >= 0.6 is 0 Å². The average molecular weight is 245 g/mol. The minimum absolute atomic E-state index is 0.0161. The molecule has 3 nitrogen and oxygen atoms in total. The molecule has 5 heteroatoms. The van der Waals surface area contributed by atoms with E-state index >= 15 is 0 Å². The molecule has 0 spiro atoms. The van der Waals surface area contributed by atoms with E-state index in [1.165, 1.54) is 18.4 Å². The summed E-state index contributed by atoms with van der Waals surface area (Å²) in [7, 11) is -2.93. The van der Waals surface area contributed by atoms with E-state index in [1.807, 2.05) is 6.92 Å². The Morgan fingerprint density at radius 2 is 1.88 bits per heavy atom. The summed E-state index contributed by atoms with van der Waals surface area (Å²) in [4.78, 5) is 0. The molecule has 1 N–H and O–H groups in total. The van der Waals surface area contributed by atoms with Crippen LogP contribution in [0.5, 0.6) is 0 Å². The first kappa shape index (κ1) is 13.1. The normalized spacial score (nSPS) is 13.7. The maximum absolute atomic E-state index is 12.7. The van der Waals surface area contributed by atoms with Crippen LogP contribution in [0.1, 0.15) is 18.5 Å². The van der Waals surface area contributed by atoms with Crippen LogP contribution in [0, 0.1) is 5.82 Å². The Morgan fingerprint density at radius 1 is 1.31 bits per heavy atom. The van der Waals surface area contributed by atoms with Gasteiger partial charge >= 0.3 is 0 Å². The first-order chi connectivity index (χ1) is 7.38. The summed E-state index contributed by atoms with van der Waals surface area (Å²) >= 11 is 0. The molecule has 1 rings (SSSR count). The van der Waals surface area contributed by atoms with Gasteiger partial charge < -0.3 is 5.32 Å². The molecular formula is C11H16FNO2S. The summed E-state index contributed by atoms with van der Waals surface area (Å²) in [6.45, 7) is 2.31. The zero-order chi connectivity index (χ0) is 12.2. The lowest BCUT2D eigenvalue weighted by atomic mass is 10.1. The van der Waals surface area contributed by atoms with Gasteiger partial charge in [0.15, 0.2) is 0 Å². The van der Waals surface area contributed by atoms with Crippen molar-refractivity contribution in [2.45, 2.75) is 13.0 Å². The number of rotatable bonds is 5. The van der Waals surface area contributed by atoms with Crippen molar-refractivity contribution in [2.75, 3.05) is 18.6 Å². The van der Waals surface area contributed by atoms with Gasteiger partial charge in [-0.1, -0.05) is 12.1 Å². The molecule has 0 saturated heterocycles. The van der Waals surface area contributed by atoms with E-state index in [2.05, 4.69) is 5.32 Å². The second kappa shape index (κ2) is 5.41. The molecule has 0 bridgehead atoms. The lowest BCUT2D eigenvalue weighted by Crippen LogP contribution is -2.25. The highest BCUT2D eigenvalue weighted by molar-refractivity contribution is 7.90. The number of nitrogens with one attached hydrogen (secondary N) is 1. The van der Waals surface area contributed by atoms with Gasteiger partial charge in [-0.15, -0.1) is 0 Å². The topological polar surface area (TPSA) is 46.2 Å². The lowest BCUT2D eigenvalue weighted by Gasteiger charge is -2.13. The van der Waals surface area contributed by atoms with Crippen molar-refractivity contribution in [1.82, 2.24) is 5.32 Å². The molecule has 0 aliphatic rings. The molecule has 90 valence electrons. The number of halogens is 1. The van der Waals surface area contributed by atoms with Gasteiger partial charge in [-0.05, 0) is 24.6 Å². The highest BCUT2D eigenvalue weighted by atomic mass is 32.2. The SMILES string of the molecule is C[C@H](NCCS(C)(=O)=O)c1ccc(F)cc1. The standard InChI is InChI=1S/C11H16FNO2S/c1-9(13-7-8-16(2,14)15)10-3-5-11(12)6-4-10/h3-6,9,13H,7-8H2,1-2H3/t9-/m0/s1. The van der Waals surface area contributed by atoms with Crippen LogP contribution < -0.4 is 5.32 Å². The molecular weight excluding hydrogens is 229 g/mol. The van der Waals surface area contributed by atoms with E-state index in [-0.39, 0.29) is 17.6 Å². The zero-order valence-electron chi connectivity index (χ0n) is 9.40. The van der Waals surface area contributed by atoms with E-state index in [9.17, 15) is 12.8 Å². The van der Waals surface area contributed by atoms with Gasteiger partial charge in [0.1, 0.15) is 15.7 Å². The van der Waals surface area contributed by atoms with Crippen molar-refractivity contribution in [2.24, 2.45) is 0 Å². The van der Waals surface area contributed by atoms with Crippen molar-refractivity contribution in [3.8, 4) is 0 Å². The maximum Gasteiger partial charge on any atom is 0.148 e. The third-order valence-electron chi connectivity index (χ3n) is 2.29. The fraction of sp³-hybridized carbons (Fsp3) is 0.455. The molecule has 0 radical (unpaired) electrons. The molecule has 0 heterocycles. The molecule has 0 aliphatic heterocycles. The molecule has 1 aromatic rings. The second-order valence-electron chi connectivity index (χ2n) is 3.86. The summed E-state index contributed by atoms with van der Waals surface area (Å²) in [5, 5.41) is 3.07. The quantitative estimate of drug-likeness (QED) is 0.855. The monoisotopic (exact) mass is 245 g/mol. The van der Waals surface area contributed by atoms with Crippen LogP contribution in [0.15, 0.2) is 24.3 Å². The molecule has 0 unspecified atom stereocenters. The Labute approximate surface area is 95.6 Å². The van der Waals surface area contributed by atoms with Crippen molar-refractivity contribution in [3.63, 3.8) is 0 Å². The minimum atomic E-state index is -2.93. The molecule has 0 aliphatic carbocycles. The second-order valence-corrected chi connectivity index (χ2v) is 6.12. The summed E-state index contributed by atoms with van der Waals surface area (Å²) < 4.78 is 34.5. The van der Waals surface area contributed by atoms with Crippen molar-refractivity contribution < 1.29 is 12.8 Å². The molecule has 1 atom stereocenters. The number of benzene rings is 1. The fourth-order valence-corrected chi connectivity index (χ4v) is 1.82. The molecule has 0 aromatic heterocycles. The number of hydrogen-bond donors (Lipinski definition) is 1. The molecule has 0 saturated carbocycles. The van der Waals surface area contributed by atoms with Gasteiger partial charge in [-0.25, -0.2) is 12.8 Å². The Balaban J connectivity index is 2.47. The lowest BCUT2D eigenvalue weighted by molar-refractivity contribution is 0.574. The van der Waals surface area contributed by atoms with E-state index in [4.69, 9.17) is 0 Å². The highest BCUT2D eigenvalue weighted by Gasteiger charge is 2.06. The minimum Gasteiger partial charge on any atom is -0.309 e. The fourth-order valence-electron chi connectivity index (χ4n) is 1.33. The summed E-state index contributed by atoms with van der Waals surface area (Å²) in [5.74, 6) is -0.162. The van der Waals surface area contributed by atoms with Gasteiger partial charge in [-0.2, -0.15) is 0 Å². The van der Waals surface area contributed by atoms with Crippen LogP contribution in [-0.4, -0.2) is 27.0 Å². The molecule has 0 amide bonds. The van der Waals surface area contributed by atoms with Crippen LogP contribution in [0.2, 0.25) is 0 Å². The van der Waals surface area contributed by atoms with Gasteiger partial charge in [-0.3, -0.25) is 0 Å². The number of hydrogen-bond acceptors (Lipinski definition) is 3. The predicted octanol–water partition coefficient (Wildman–Crippen LogP) is 1.52. The average Bonchev–Trinajstić information content (AvgIpc) is 2.16. The number of sulfone groups is 1. The van der Waals surface area contributed by atoms with Gasteiger partial charge in [0.25, 0.3) is 0 Å². The smallest absolute Gasteiger partial charge is 0.148 e. The summed E-state index contributed by atoms with van der Waals surface area (Å²) in [5.41, 5.74) is 0.940. The Kier molecular flexibility index (Phi) is 4.44. The van der Waals surface area contributed by atoms with Crippen molar-refractivity contribution in [3.05, 3.63) is 35.6 Å². The zero-order valence-corrected chi connectivity index (χ0v) is 10.2. The first-order valence-electron chi connectivity index (χ1n) is 5.05. The van der Waals surface area contributed by atoms with E-state index in [0.29, 0.717) is 6.54 Å². The molecule has 16 heavy (non-hydrogen) atoms. The van der Waals surface area contributed by atoms with E-state index in [0.717, 1.165) is 5.56 Å². The third kappa shape index (κ3) is 4.72. The van der Waals surface area contributed by atoms with Gasteiger partial charge in [0.05, 0.1) is 5.75 Å². The summed E-state index contributed by atoms with van der Waals surface area (Å²) in [6.07, 6.45) is 1.21.